The Kier molecular flexibility index (Phi) is 4.60. The predicted molar refractivity (Wildman–Crippen MR) is 69.9 cm³/mol. The summed E-state index contributed by atoms with van der Waals surface area (Å²) in [5.74, 6) is -0.504. The molecule has 1 aromatic carbocycles. The molecule has 3 amide bonds. The van der Waals surface area contributed by atoms with Gasteiger partial charge in [0.1, 0.15) is 6.61 Å². The van der Waals surface area contributed by atoms with Gasteiger partial charge in [-0.3, -0.25) is 10.1 Å². The van der Waals surface area contributed by atoms with Crippen LogP contribution >= 0.6 is 0 Å². The van der Waals surface area contributed by atoms with E-state index in [0.717, 1.165) is 0 Å². The molecule has 0 radical (unpaired) electrons. The van der Waals surface area contributed by atoms with Crippen LogP contribution in [0.3, 0.4) is 0 Å². The number of rotatable bonds is 3. The molecule has 2 N–H and O–H groups in total. The summed E-state index contributed by atoms with van der Waals surface area (Å²) in [4.78, 5) is 33.9. The Labute approximate surface area is 120 Å². The van der Waals surface area contributed by atoms with Crippen LogP contribution in [0.5, 0.6) is 11.5 Å². The zero-order valence-electron chi connectivity index (χ0n) is 11.3. The van der Waals surface area contributed by atoms with Gasteiger partial charge in [-0.1, -0.05) is 12.1 Å². The fourth-order valence-electron chi connectivity index (χ4n) is 1.59. The first-order valence-electron chi connectivity index (χ1n) is 6.17. The van der Waals surface area contributed by atoms with E-state index in [9.17, 15) is 14.4 Å². The molecular formula is C13H14N2O6. The maximum Gasteiger partial charge on any atom is 0.351 e. The van der Waals surface area contributed by atoms with Gasteiger partial charge in [0.25, 0.3) is 5.91 Å². The molecule has 1 aliphatic rings. The van der Waals surface area contributed by atoms with Crippen molar-refractivity contribution in [3.05, 3.63) is 24.3 Å². The average molecular weight is 294 g/mol. The summed E-state index contributed by atoms with van der Waals surface area (Å²) < 4.78 is 15.5. The van der Waals surface area contributed by atoms with Crippen LogP contribution in [0.15, 0.2) is 24.3 Å². The highest BCUT2D eigenvalue weighted by atomic mass is 16.6. The number of urea groups is 1. The number of fused-ring (bicyclic) bond motifs is 1. The van der Waals surface area contributed by atoms with Gasteiger partial charge in [0.2, 0.25) is 6.10 Å². The molecule has 2 rings (SSSR count). The summed E-state index contributed by atoms with van der Waals surface area (Å²) in [6, 6.07) is 6.22. The van der Waals surface area contributed by atoms with Gasteiger partial charge in [-0.05, 0) is 12.1 Å². The summed E-state index contributed by atoms with van der Waals surface area (Å²) >= 11 is 0. The molecule has 0 bridgehead atoms. The molecular weight excluding hydrogens is 280 g/mol. The molecule has 0 fully saturated rings. The summed E-state index contributed by atoms with van der Waals surface area (Å²) in [7, 11) is 1.36. The topological polar surface area (TPSA) is 103 Å². The molecule has 0 aliphatic carbocycles. The molecule has 1 aromatic rings. The molecule has 8 heteroatoms. The van der Waals surface area contributed by atoms with Crippen LogP contribution in [0.2, 0.25) is 0 Å². The van der Waals surface area contributed by atoms with E-state index in [1.165, 1.54) is 7.05 Å². The van der Waals surface area contributed by atoms with Gasteiger partial charge in [-0.15, -0.1) is 0 Å². The number of ether oxygens (including phenoxy) is 3. The van der Waals surface area contributed by atoms with Crippen molar-refractivity contribution in [2.45, 2.75) is 6.10 Å². The van der Waals surface area contributed by atoms with Gasteiger partial charge in [0, 0.05) is 7.05 Å². The highest BCUT2D eigenvalue weighted by Gasteiger charge is 2.29. The van der Waals surface area contributed by atoms with Gasteiger partial charge in [-0.25, -0.2) is 9.59 Å². The lowest BCUT2D eigenvalue weighted by molar-refractivity contribution is -0.157. The molecule has 1 heterocycles. The standard InChI is InChI=1S/C13H14N2O6/c1-14-13(18)15-11(16)7-20-12(17)10-6-19-8-4-2-3-5-9(8)21-10/h2-5,10H,6-7H2,1H3,(H2,14,15,16,18). The number of imide groups is 1. The maximum absolute atomic E-state index is 11.8. The van der Waals surface area contributed by atoms with Crippen molar-refractivity contribution in [1.82, 2.24) is 10.6 Å². The predicted octanol–water partition coefficient (Wildman–Crippen LogP) is -0.175. The lowest BCUT2D eigenvalue weighted by Gasteiger charge is -2.24. The molecule has 0 aromatic heterocycles. The van der Waals surface area contributed by atoms with Crippen molar-refractivity contribution in [2.24, 2.45) is 0 Å². The Balaban J connectivity index is 1.82. The zero-order valence-corrected chi connectivity index (χ0v) is 11.3. The Hall–Kier alpha value is -2.77. The van der Waals surface area contributed by atoms with Gasteiger partial charge < -0.3 is 19.5 Å². The van der Waals surface area contributed by atoms with E-state index in [-0.39, 0.29) is 6.61 Å². The fourth-order valence-corrected chi connectivity index (χ4v) is 1.59. The first-order valence-corrected chi connectivity index (χ1v) is 6.17. The molecule has 8 nitrogen and oxygen atoms in total. The first kappa shape index (κ1) is 14.6. The van der Waals surface area contributed by atoms with Crippen molar-refractivity contribution in [1.29, 1.82) is 0 Å². The van der Waals surface area contributed by atoms with Crippen LogP contribution in [0.25, 0.3) is 0 Å². The number of esters is 1. The normalized spacial score (nSPS) is 15.8. The number of hydrogen-bond donors (Lipinski definition) is 2. The number of hydrogen-bond acceptors (Lipinski definition) is 6. The molecule has 1 atom stereocenters. The minimum atomic E-state index is -0.951. The van der Waals surface area contributed by atoms with Gasteiger partial charge >= 0.3 is 12.0 Å². The Morgan fingerprint density at radius 1 is 1.29 bits per heavy atom. The van der Waals surface area contributed by atoms with Crippen LogP contribution in [0.1, 0.15) is 0 Å². The number of nitrogens with one attached hydrogen (secondary N) is 2. The molecule has 1 unspecified atom stereocenters. The number of benzene rings is 1. The minimum absolute atomic E-state index is 0.00703. The van der Waals surface area contributed by atoms with E-state index < -0.39 is 30.6 Å². The molecule has 0 saturated carbocycles. The van der Waals surface area contributed by atoms with Crippen molar-refractivity contribution in [2.75, 3.05) is 20.3 Å². The van der Waals surface area contributed by atoms with E-state index in [4.69, 9.17) is 14.2 Å². The van der Waals surface area contributed by atoms with E-state index in [1.807, 2.05) is 5.32 Å². The second kappa shape index (κ2) is 6.60. The zero-order chi connectivity index (χ0) is 15.2. The lowest BCUT2D eigenvalue weighted by Crippen LogP contribution is -2.42. The van der Waals surface area contributed by atoms with Gasteiger partial charge in [-0.2, -0.15) is 0 Å². The van der Waals surface area contributed by atoms with Crippen LogP contribution in [0, 0.1) is 0 Å². The average Bonchev–Trinajstić information content (AvgIpc) is 2.51. The molecule has 0 saturated heterocycles. The van der Waals surface area contributed by atoms with E-state index in [0.29, 0.717) is 11.5 Å². The van der Waals surface area contributed by atoms with Gasteiger partial charge in [0.05, 0.1) is 0 Å². The number of carbonyl (C=O) groups is 3. The van der Waals surface area contributed by atoms with Gasteiger partial charge in [0.15, 0.2) is 18.1 Å². The Morgan fingerprint density at radius 2 is 2.00 bits per heavy atom. The SMILES string of the molecule is CNC(=O)NC(=O)COC(=O)C1COc2ccccc2O1. The Morgan fingerprint density at radius 3 is 2.71 bits per heavy atom. The smallest absolute Gasteiger partial charge is 0.351 e. The molecule has 0 spiro atoms. The summed E-state index contributed by atoms with van der Waals surface area (Å²) in [5, 5.41) is 4.17. The summed E-state index contributed by atoms with van der Waals surface area (Å²) in [6.07, 6.45) is -0.951. The van der Waals surface area contributed by atoms with E-state index >= 15 is 0 Å². The molecule has 1 aliphatic heterocycles. The molecule has 112 valence electrons. The summed E-state index contributed by atoms with van der Waals surface area (Å²) in [6.45, 7) is -0.583. The number of para-hydroxylation sites is 2. The quantitative estimate of drug-likeness (QED) is 0.750. The highest BCUT2D eigenvalue weighted by molar-refractivity contribution is 5.95. The third-order valence-corrected chi connectivity index (χ3v) is 2.60. The van der Waals surface area contributed by atoms with Crippen molar-refractivity contribution >= 4 is 17.9 Å². The third-order valence-electron chi connectivity index (χ3n) is 2.60. The van der Waals surface area contributed by atoms with Crippen molar-refractivity contribution in [3.63, 3.8) is 0 Å². The lowest BCUT2D eigenvalue weighted by atomic mass is 10.2. The van der Waals surface area contributed by atoms with Crippen LogP contribution in [0.4, 0.5) is 4.79 Å². The second-order valence-electron chi connectivity index (χ2n) is 4.10. The number of amides is 3. The van der Waals surface area contributed by atoms with E-state index in [2.05, 4.69) is 5.32 Å². The van der Waals surface area contributed by atoms with Crippen LogP contribution < -0.4 is 20.1 Å². The first-order chi connectivity index (χ1) is 10.1. The highest BCUT2D eigenvalue weighted by Crippen LogP contribution is 2.30. The summed E-state index contributed by atoms with van der Waals surface area (Å²) in [5.41, 5.74) is 0. The largest absolute Gasteiger partial charge is 0.485 e. The third kappa shape index (κ3) is 3.85. The van der Waals surface area contributed by atoms with Crippen LogP contribution in [-0.4, -0.2) is 44.3 Å². The second-order valence-corrected chi connectivity index (χ2v) is 4.10. The number of carbonyl (C=O) groups excluding carboxylic acids is 3. The Bertz CT molecular complexity index is 559. The van der Waals surface area contributed by atoms with Crippen LogP contribution in [-0.2, 0) is 14.3 Å². The van der Waals surface area contributed by atoms with E-state index in [1.54, 1.807) is 24.3 Å². The van der Waals surface area contributed by atoms with Crippen molar-refractivity contribution < 1.29 is 28.6 Å². The fraction of sp³-hybridized carbons (Fsp3) is 0.308. The van der Waals surface area contributed by atoms with Crippen molar-refractivity contribution in [3.8, 4) is 11.5 Å². The monoisotopic (exact) mass is 294 g/mol. The molecule has 21 heavy (non-hydrogen) atoms. The maximum atomic E-state index is 11.8. The minimum Gasteiger partial charge on any atom is -0.485 e.